The summed E-state index contributed by atoms with van der Waals surface area (Å²) in [7, 11) is 1.59. The molecule has 1 aromatic heterocycles. The molecular formula is C16H19N3O2. The minimum absolute atomic E-state index is 0.0160. The summed E-state index contributed by atoms with van der Waals surface area (Å²) in [5.74, 6) is 0.605. The Kier molecular flexibility index (Phi) is 5.29. The molecule has 0 saturated carbocycles. The van der Waals surface area contributed by atoms with Crippen LogP contribution in [0, 0.1) is 0 Å². The van der Waals surface area contributed by atoms with Gasteiger partial charge in [0.05, 0.1) is 19.3 Å². The minimum Gasteiger partial charge on any atom is -0.497 e. The molecule has 2 N–H and O–H groups in total. The van der Waals surface area contributed by atoms with Crippen LogP contribution in [0.1, 0.15) is 18.7 Å². The van der Waals surface area contributed by atoms with Crippen LogP contribution in [0.2, 0.25) is 0 Å². The van der Waals surface area contributed by atoms with E-state index in [9.17, 15) is 4.79 Å². The predicted octanol–water partition coefficient (Wildman–Crippen LogP) is 2.38. The second-order valence-electron chi connectivity index (χ2n) is 4.64. The van der Waals surface area contributed by atoms with Gasteiger partial charge in [0.15, 0.2) is 0 Å². The van der Waals surface area contributed by atoms with Gasteiger partial charge in [-0.1, -0.05) is 12.1 Å². The second-order valence-corrected chi connectivity index (χ2v) is 4.64. The highest BCUT2D eigenvalue weighted by Crippen LogP contribution is 2.16. The third-order valence-corrected chi connectivity index (χ3v) is 3.05. The van der Waals surface area contributed by atoms with Gasteiger partial charge < -0.3 is 15.4 Å². The minimum atomic E-state index is -0.106. The van der Waals surface area contributed by atoms with Gasteiger partial charge in [0.1, 0.15) is 5.75 Å². The fourth-order valence-corrected chi connectivity index (χ4v) is 1.89. The van der Waals surface area contributed by atoms with Crippen molar-refractivity contribution in [1.82, 2.24) is 10.3 Å². The molecule has 0 radical (unpaired) electrons. The summed E-state index contributed by atoms with van der Waals surface area (Å²) >= 11 is 0. The van der Waals surface area contributed by atoms with E-state index >= 15 is 0 Å². The van der Waals surface area contributed by atoms with E-state index in [0.29, 0.717) is 11.4 Å². The maximum atomic E-state index is 11.9. The summed E-state index contributed by atoms with van der Waals surface area (Å²) in [6, 6.07) is 13.0. The maximum absolute atomic E-state index is 11.9. The number of anilines is 1. The standard InChI is InChI=1S/C16H19N3O2/c1-12(15-8-3-4-9-17-15)18-11-16(20)19-13-6-5-7-14(10-13)21-2/h3-10,12,18H,11H2,1-2H3,(H,19,20)/t12-/m1/s1. The van der Waals surface area contributed by atoms with Crippen molar-refractivity contribution in [3.05, 3.63) is 54.4 Å². The zero-order valence-corrected chi connectivity index (χ0v) is 12.2. The molecule has 0 aliphatic carbocycles. The molecule has 1 aromatic carbocycles. The van der Waals surface area contributed by atoms with Crippen molar-refractivity contribution in [3.8, 4) is 5.75 Å². The topological polar surface area (TPSA) is 63.2 Å². The van der Waals surface area contributed by atoms with Crippen molar-refractivity contribution in [1.29, 1.82) is 0 Å². The van der Waals surface area contributed by atoms with Crippen LogP contribution in [0.3, 0.4) is 0 Å². The van der Waals surface area contributed by atoms with Crippen molar-refractivity contribution in [2.45, 2.75) is 13.0 Å². The monoisotopic (exact) mass is 285 g/mol. The third kappa shape index (κ3) is 4.57. The number of ether oxygens (including phenoxy) is 1. The average Bonchev–Trinajstić information content (AvgIpc) is 2.53. The molecule has 0 unspecified atom stereocenters. The van der Waals surface area contributed by atoms with E-state index < -0.39 is 0 Å². The SMILES string of the molecule is COc1cccc(NC(=O)CN[C@H](C)c2ccccn2)c1. The van der Waals surface area contributed by atoms with Crippen LogP contribution in [0.15, 0.2) is 48.7 Å². The highest BCUT2D eigenvalue weighted by molar-refractivity contribution is 5.92. The number of hydrogen-bond donors (Lipinski definition) is 2. The highest BCUT2D eigenvalue weighted by atomic mass is 16.5. The van der Waals surface area contributed by atoms with Crippen LogP contribution in [-0.2, 0) is 4.79 Å². The van der Waals surface area contributed by atoms with Gasteiger partial charge in [-0.15, -0.1) is 0 Å². The number of nitrogens with one attached hydrogen (secondary N) is 2. The number of carbonyl (C=O) groups excluding carboxylic acids is 1. The van der Waals surface area contributed by atoms with E-state index in [1.165, 1.54) is 0 Å². The molecule has 21 heavy (non-hydrogen) atoms. The Morgan fingerprint density at radius 1 is 1.29 bits per heavy atom. The van der Waals surface area contributed by atoms with Gasteiger partial charge in [-0.3, -0.25) is 9.78 Å². The number of benzene rings is 1. The zero-order chi connectivity index (χ0) is 15.1. The fourth-order valence-electron chi connectivity index (χ4n) is 1.89. The van der Waals surface area contributed by atoms with Gasteiger partial charge in [0, 0.05) is 24.0 Å². The summed E-state index contributed by atoms with van der Waals surface area (Å²) in [6.07, 6.45) is 1.74. The first-order valence-electron chi connectivity index (χ1n) is 6.77. The lowest BCUT2D eigenvalue weighted by atomic mass is 10.2. The molecule has 5 heteroatoms. The van der Waals surface area contributed by atoms with Crippen molar-refractivity contribution in [3.63, 3.8) is 0 Å². The normalized spacial score (nSPS) is 11.7. The van der Waals surface area contributed by atoms with Crippen LogP contribution in [-0.4, -0.2) is 24.5 Å². The van der Waals surface area contributed by atoms with Gasteiger partial charge in [0.25, 0.3) is 0 Å². The highest BCUT2D eigenvalue weighted by Gasteiger charge is 2.08. The number of rotatable bonds is 6. The first kappa shape index (κ1) is 15.0. The van der Waals surface area contributed by atoms with E-state index in [-0.39, 0.29) is 18.5 Å². The van der Waals surface area contributed by atoms with Crippen LogP contribution in [0.5, 0.6) is 5.75 Å². The van der Waals surface area contributed by atoms with E-state index in [2.05, 4.69) is 15.6 Å². The van der Waals surface area contributed by atoms with Gasteiger partial charge in [-0.05, 0) is 31.2 Å². The smallest absolute Gasteiger partial charge is 0.238 e. The molecule has 0 aliphatic rings. The number of methoxy groups -OCH3 is 1. The summed E-state index contributed by atoms with van der Waals surface area (Å²) in [6.45, 7) is 2.19. The molecular weight excluding hydrogens is 266 g/mol. The molecule has 0 saturated heterocycles. The fraction of sp³-hybridized carbons (Fsp3) is 0.250. The van der Waals surface area contributed by atoms with Crippen molar-refractivity contribution in [2.75, 3.05) is 19.0 Å². The molecule has 0 bridgehead atoms. The maximum Gasteiger partial charge on any atom is 0.238 e. The Morgan fingerprint density at radius 3 is 2.86 bits per heavy atom. The number of pyridine rings is 1. The van der Waals surface area contributed by atoms with Crippen molar-refractivity contribution in [2.24, 2.45) is 0 Å². The number of hydrogen-bond acceptors (Lipinski definition) is 4. The first-order chi connectivity index (χ1) is 10.2. The third-order valence-electron chi connectivity index (χ3n) is 3.05. The summed E-state index contributed by atoms with van der Waals surface area (Å²) in [4.78, 5) is 16.2. The van der Waals surface area contributed by atoms with Crippen LogP contribution >= 0.6 is 0 Å². The lowest BCUT2D eigenvalue weighted by Crippen LogP contribution is -2.30. The molecule has 5 nitrogen and oxygen atoms in total. The van der Waals surface area contributed by atoms with E-state index in [0.717, 1.165) is 5.69 Å². The van der Waals surface area contributed by atoms with E-state index in [4.69, 9.17) is 4.74 Å². The Hall–Kier alpha value is -2.40. The van der Waals surface area contributed by atoms with Gasteiger partial charge in [-0.25, -0.2) is 0 Å². The largest absolute Gasteiger partial charge is 0.497 e. The predicted molar refractivity (Wildman–Crippen MR) is 82.3 cm³/mol. The van der Waals surface area contributed by atoms with Crippen LogP contribution in [0.4, 0.5) is 5.69 Å². The molecule has 2 rings (SSSR count). The van der Waals surface area contributed by atoms with Crippen molar-refractivity contribution >= 4 is 11.6 Å². The number of amides is 1. The Labute approximate surface area is 124 Å². The van der Waals surface area contributed by atoms with E-state index in [1.807, 2.05) is 43.3 Å². The van der Waals surface area contributed by atoms with Gasteiger partial charge in [0.2, 0.25) is 5.91 Å². The summed E-state index contributed by atoms with van der Waals surface area (Å²) in [5.41, 5.74) is 1.62. The lowest BCUT2D eigenvalue weighted by molar-refractivity contribution is -0.115. The summed E-state index contributed by atoms with van der Waals surface area (Å²) < 4.78 is 5.12. The van der Waals surface area contributed by atoms with E-state index in [1.54, 1.807) is 19.4 Å². The molecule has 1 heterocycles. The first-order valence-corrected chi connectivity index (χ1v) is 6.77. The Bertz CT molecular complexity index is 587. The van der Waals surface area contributed by atoms with Crippen LogP contribution in [0.25, 0.3) is 0 Å². The number of nitrogens with zero attached hydrogens (tertiary/aromatic N) is 1. The second kappa shape index (κ2) is 7.40. The lowest BCUT2D eigenvalue weighted by Gasteiger charge is -2.13. The Morgan fingerprint density at radius 2 is 2.14 bits per heavy atom. The Balaban J connectivity index is 1.84. The summed E-state index contributed by atoms with van der Waals surface area (Å²) in [5, 5.41) is 5.96. The number of aromatic nitrogens is 1. The molecule has 0 spiro atoms. The quantitative estimate of drug-likeness (QED) is 0.855. The van der Waals surface area contributed by atoms with Gasteiger partial charge >= 0.3 is 0 Å². The molecule has 0 aliphatic heterocycles. The molecule has 1 atom stereocenters. The average molecular weight is 285 g/mol. The molecule has 0 fully saturated rings. The zero-order valence-electron chi connectivity index (χ0n) is 12.2. The molecule has 2 aromatic rings. The molecule has 110 valence electrons. The van der Waals surface area contributed by atoms with Crippen LogP contribution < -0.4 is 15.4 Å². The molecule has 1 amide bonds. The van der Waals surface area contributed by atoms with Gasteiger partial charge in [-0.2, -0.15) is 0 Å². The van der Waals surface area contributed by atoms with Crippen molar-refractivity contribution < 1.29 is 9.53 Å². The number of carbonyl (C=O) groups is 1.